The van der Waals surface area contributed by atoms with Gasteiger partial charge >= 0.3 is 6.61 Å². The zero-order valence-corrected chi connectivity index (χ0v) is 15.2. The van der Waals surface area contributed by atoms with E-state index >= 15 is 0 Å². The van der Waals surface area contributed by atoms with Crippen molar-refractivity contribution in [1.29, 1.82) is 0 Å². The Hall–Kier alpha value is -2.59. The Labute approximate surface area is 156 Å². The summed E-state index contributed by atoms with van der Waals surface area (Å²) >= 11 is 6.72. The second kappa shape index (κ2) is 8.19. The predicted octanol–water partition coefficient (Wildman–Crippen LogP) is 4.55. The van der Waals surface area contributed by atoms with Crippen LogP contribution < -0.4 is 9.47 Å². The van der Waals surface area contributed by atoms with Crippen molar-refractivity contribution in [3.05, 3.63) is 46.0 Å². The van der Waals surface area contributed by atoms with E-state index in [2.05, 4.69) is 20.0 Å². The minimum atomic E-state index is -2.92. The lowest BCUT2D eigenvalue weighted by molar-refractivity contribution is -0.0514. The van der Waals surface area contributed by atoms with Crippen LogP contribution in [0.15, 0.2) is 40.8 Å². The normalized spacial score (nSPS) is 11.4. The van der Waals surface area contributed by atoms with Gasteiger partial charge in [-0.1, -0.05) is 6.07 Å². The van der Waals surface area contributed by atoms with Crippen LogP contribution in [-0.2, 0) is 0 Å². The molecule has 2 heterocycles. The molecular weight excluding hydrogens is 382 g/mol. The Morgan fingerprint density at radius 3 is 2.92 bits per heavy atom. The minimum absolute atomic E-state index is 0.0294. The summed E-state index contributed by atoms with van der Waals surface area (Å²) in [6.07, 6.45) is 1.54. The number of alkyl halides is 2. The Kier molecular flexibility index (Phi) is 5.74. The number of H-pyrrole nitrogens is 1. The number of ether oxygens (including phenoxy) is 2. The van der Waals surface area contributed by atoms with Gasteiger partial charge in [-0.15, -0.1) is 11.3 Å². The number of hydrogen-bond donors (Lipinski definition) is 1. The third-order valence-corrected chi connectivity index (χ3v) is 4.33. The molecule has 0 radical (unpaired) electrons. The lowest BCUT2D eigenvalue weighted by Crippen LogP contribution is -2.05. The first kappa shape index (κ1) is 18.2. The molecule has 0 amide bonds. The average Bonchev–Trinajstić information content (AvgIpc) is 3.24. The maximum atomic E-state index is 12.5. The van der Waals surface area contributed by atoms with E-state index in [-0.39, 0.29) is 11.5 Å². The van der Waals surface area contributed by atoms with E-state index in [1.165, 1.54) is 28.3 Å². The number of rotatable bonds is 7. The summed E-state index contributed by atoms with van der Waals surface area (Å²) in [5.41, 5.74) is 0.635. The Morgan fingerprint density at radius 2 is 2.23 bits per heavy atom. The second-order valence-electron chi connectivity index (χ2n) is 4.90. The van der Waals surface area contributed by atoms with Crippen molar-refractivity contribution in [3.8, 4) is 22.2 Å². The van der Waals surface area contributed by atoms with E-state index in [9.17, 15) is 8.78 Å². The second-order valence-corrected chi connectivity index (χ2v) is 6.24. The van der Waals surface area contributed by atoms with Crippen LogP contribution in [-0.4, -0.2) is 34.3 Å². The Bertz CT molecular complexity index is 952. The van der Waals surface area contributed by atoms with Crippen molar-refractivity contribution in [3.63, 3.8) is 0 Å². The molecule has 0 bridgehead atoms. The molecule has 0 unspecified atom stereocenters. The topological polar surface area (TPSA) is 64.4 Å². The molecule has 0 spiro atoms. The van der Waals surface area contributed by atoms with Gasteiger partial charge < -0.3 is 9.47 Å². The van der Waals surface area contributed by atoms with Gasteiger partial charge in [-0.25, -0.2) is 5.10 Å². The van der Waals surface area contributed by atoms with E-state index in [0.29, 0.717) is 22.8 Å². The molecule has 1 N–H and O–H groups in total. The first-order valence-corrected chi connectivity index (χ1v) is 8.84. The maximum absolute atomic E-state index is 12.5. The van der Waals surface area contributed by atoms with E-state index < -0.39 is 6.61 Å². The van der Waals surface area contributed by atoms with Crippen molar-refractivity contribution >= 4 is 29.8 Å². The number of thiophene rings is 1. The molecule has 0 aliphatic heterocycles. The number of benzene rings is 1. The van der Waals surface area contributed by atoms with Crippen molar-refractivity contribution in [2.24, 2.45) is 5.10 Å². The SMILES string of the molecule is CCOc1cc(/C=N/n2c(-c3cccs3)n[nH]c2=S)ccc1OC(F)F. The molecule has 3 aromatic rings. The standard InChI is InChI=1S/C16H14F2N4O2S2/c1-2-23-12-8-10(5-6-11(12)24-15(17)18)9-19-22-14(20-21-16(22)25)13-4-3-7-26-13/h3-9,15H,2H2,1H3,(H,21,25)/b19-9+. The number of aromatic amines is 1. The third-order valence-electron chi connectivity index (χ3n) is 3.20. The van der Waals surface area contributed by atoms with Crippen LogP contribution in [0.2, 0.25) is 0 Å². The first-order chi connectivity index (χ1) is 12.6. The third kappa shape index (κ3) is 4.14. The number of hydrogen-bond acceptors (Lipinski definition) is 6. The highest BCUT2D eigenvalue weighted by atomic mass is 32.1. The molecule has 2 aromatic heterocycles. The molecule has 0 fully saturated rings. The van der Waals surface area contributed by atoms with Crippen LogP contribution >= 0.6 is 23.6 Å². The molecule has 10 heteroatoms. The molecule has 0 aliphatic rings. The zero-order chi connectivity index (χ0) is 18.5. The van der Waals surface area contributed by atoms with Crippen molar-refractivity contribution in [2.45, 2.75) is 13.5 Å². The summed E-state index contributed by atoms with van der Waals surface area (Å²) in [5, 5.41) is 13.2. The lowest BCUT2D eigenvalue weighted by Gasteiger charge is -2.11. The van der Waals surface area contributed by atoms with Gasteiger partial charge in [0, 0.05) is 0 Å². The van der Waals surface area contributed by atoms with Crippen LogP contribution in [0.25, 0.3) is 10.7 Å². The molecule has 0 saturated carbocycles. The smallest absolute Gasteiger partial charge is 0.387 e. The van der Waals surface area contributed by atoms with Gasteiger partial charge in [-0.2, -0.15) is 23.7 Å². The summed E-state index contributed by atoms with van der Waals surface area (Å²) in [5.74, 6) is 0.771. The van der Waals surface area contributed by atoms with Crippen molar-refractivity contribution in [2.75, 3.05) is 6.61 Å². The van der Waals surface area contributed by atoms with Gasteiger partial charge in [0.2, 0.25) is 4.77 Å². The predicted molar refractivity (Wildman–Crippen MR) is 98.0 cm³/mol. The minimum Gasteiger partial charge on any atom is -0.490 e. The number of halogens is 2. The summed E-state index contributed by atoms with van der Waals surface area (Å²) in [6, 6.07) is 8.39. The largest absolute Gasteiger partial charge is 0.490 e. The molecule has 26 heavy (non-hydrogen) atoms. The molecule has 0 atom stereocenters. The fraction of sp³-hybridized carbons (Fsp3) is 0.188. The van der Waals surface area contributed by atoms with E-state index in [1.54, 1.807) is 19.1 Å². The highest BCUT2D eigenvalue weighted by Crippen LogP contribution is 2.29. The van der Waals surface area contributed by atoms with Crippen molar-refractivity contribution in [1.82, 2.24) is 14.9 Å². The van der Waals surface area contributed by atoms with Gasteiger partial charge in [0.15, 0.2) is 17.3 Å². The molecular formula is C16H14F2N4O2S2. The van der Waals surface area contributed by atoms with Gasteiger partial charge in [-0.05, 0) is 54.4 Å². The Morgan fingerprint density at radius 1 is 1.38 bits per heavy atom. The number of nitrogens with zero attached hydrogens (tertiary/aromatic N) is 3. The Balaban J connectivity index is 1.91. The van der Waals surface area contributed by atoms with Gasteiger partial charge in [0.1, 0.15) is 0 Å². The van der Waals surface area contributed by atoms with Gasteiger partial charge in [-0.3, -0.25) is 0 Å². The van der Waals surface area contributed by atoms with E-state index in [1.807, 2.05) is 17.5 Å². The van der Waals surface area contributed by atoms with E-state index in [0.717, 1.165) is 4.88 Å². The lowest BCUT2D eigenvalue weighted by atomic mass is 10.2. The molecule has 136 valence electrons. The summed E-state index contributed by atoms with van der Waals surface area (Å²) in [6.45, 7) is -0.855. The molecule has 3 rings (SSSR count). The fourth-order valence-electron chi connectivity index (χ4n) is 2.16. The molecule has 1 aromatic carbocycles. The van der Waals surface area contributed by atoms with Crippen LogP contribution in [0.1, 0.15) is 12.5 Å². The average molecular weight is 396 g/mol. The highest BCUT2D eigenvalue weighted by Gasteiger charge is 2.12. The van der Waals surface area contributed by atoms with Crippen LogP contribution in [0.4, 0.5) is 8.78 Å². The van der Waals surface area contributed by atoms with Gasteiger partial charge in [0.05, 0.1) is 17.7 Å². The number of nitrogens with one attached hydrogen (secondary N) is 1. The first-order valence-electron chi connectivity index (χ1n) is 7.55. The maximum Gasteiger partial charge on any atom is 0.387 e. The van der Waals surface area contributed by atoms with Crippen LogP contribution in [0.3, 0.4) is 0 Å². The van der Waals surface area contributed by atoms with Crippen molar-refractivity contribution < 1.29 is 18.3 Å². The number of aromatic nitrogens is 3. The van der Waals surface area contributed by atoms with Gasteiger partial charge in [0.25, 0.3) is 0 Å². The summed E-state index contributed by atoms with van der Waals surface area (Å²) < 4.78 is 36.6. The molecule has 0 saturated heterocycles. The van der Waals surface area contributed by atoms with Crippen LogP contribution in [0.5, 0.6) is 11.5 Å². The highest BCUT2D eigenvalue weighted by molar-refractivity contribution is 7.71. The summed E-state index contributed by atoms with van der Waals surface area (Å²) in [7, 11) is 0. The quantitative estimate of drug-likeness (QED) is 0.470. The monoisotopic (exact) mass is 396 g/mol. The molecule has 0 aliphatic carbocycles. The zero-order valence-electron chi connectivity index (χ0n) is 13.6. The molecule has 6 nitrogen and oxygen atoms in total. The fourth-order valence-corrected chi connectivity index (χ4v) is 3.03. The summed E-state index contributed by atoms with van der Waals surface area (Å²) in [4.78, 5) is 0.908. The van der Waals surface area contributed by atoms with Crippen LogP contribution in [0, 0.1) is 4.77 Å². The van der Waals surface area contributed by atoms with E-state index in [4.69, 9.17) is 17.0 Å².